The molecule has 1 N–H and O–H groups in total. The van der Waals surface area contributed by atoms with Gasteiger partial charge in [-0.15, -0.1) is 0 Å². The third-order valence-corrected chi connectivity index (χ3v) is 5.77. The lowest BCUT2D eigenvalue weighted by Crippen LogP contribution is -2.56. The molecule has 2 heterocycles. The molecule has 3 heteroatoms. The summed E-state index contributed by atoms with van der Waals surface area (Å²) in [4.78, 5) is 2.88. The van der Waals surface area contributed by atoms with Crippen LogP contribution in [0.2, 0.25) is 0 Å². The predicted octanol–water partition coefficient (Wildman–Crippen LogP) is 3.90. The van der Waals surface area contributed by atoms with Crippen LogP contribution in [0.25, 0.3) is 0 Å². The van der Waals surface area contributed by atoms with Crippen molar-refractivity contribution in [3.63, 3.8) is 0 Å². The van der Waals surface area contributed by atoms with Crippen molar-refractivity contribution in [2.75, 3.05) is 25.1 Å². The lowest BCUT2D eigenvalue weighted by atomic mass is 9.81. The Morgan fingerprint density at radius 2 is 1.85 bits per heavy atom. The van der Waals surface area contributed by atoms with Gasteiger partial charge in [0, 0.05) is 18.1 Å². The molecule has 2 unspecified atom stereocenters. The summed E-state index contributed by atoms with van der Waals surface area (Å²) in [6.45, 7) is 4.85. The number of nitrogens with zero attached hydrogens (tertiary/aromatic N) is 1. The highest BCUT2D eigenvalue weighted by Crippen LogP contribution is 2.34. The second-order valence-electron chi connectivity index (χ2n) is 6.65. The van der Waals surface area contributed by atoms with Crippen molar-refractivity contribution in [3.8, 4) is 0 Å². The van der Waals surface area contributed by atoms with Gasteiger partial charge in [-0.2, -0.15) is 11.8 Å². The van der Waals surface area contributed by atoms with Gasteiger partial charge in [0.1, 0.15) is 0 Å². The monoisotopic (exact) mass is 298 g/mol. The molecule has 2 aliphatic heterocycles. The van der Waals surface area contributed by atoms with E-state index in [9.17, 15) is 0 Å². The molecule has 0 radical (unpaired) electrons. The fraction of sp³-hybridized carbons (Fsp3) is 1.00. The fourth-order valence-corrected chi connectivity index (χ4v) is 4.57. The zero-order valence-electron chi connectivity index (χ0n) is 13.6. The van der Waals surface area contributed by atoms with Gasteiger partial charge in [-0.25, -0.2) is 0 Å². The van der Waals surface area contributed by atoms with E-state index >= 15 is 0 Å². The van der Waals surface area contributed by atoms with Gasteiger partial charge in [-0.3, -0.25) is 4.90 Å². The molecule has 20 heavy (non-hydrogen) atoms. The minimum atomic E-state index is 0.804. The Labute approximate surface area is 130 Å². The topological polar surface area (TPSA) is 15.3 Å². The molecule has 0 aromatic heterocycles. The summed E-state index contributed by atoms with van der Waals surface area (Å²) in [7, 11) is 0. The Morgan fingerprint density at radius 3 is 2.50 bits per heavy atom. The van der Waals surface area contributed by atoms with E-state index in [1.807, 2.05) is 11.8 Å². The second-order valence-corrected chi connectivity index (χ2v) is 7.64. The van der Waals surface area contributed by atoms with E-state index in [2.05, 4.69) is 23.4 Å². The van der Waals surface area contributed by atoms with Gasteiger partial charge < -0.3 is 5.32 Å². The van der Waals surface area contributed by atoms with E-state index < -0.39 is 0 Å². The Balaban J connectivity index is 1.73. The zero-order chi connectivity index (χ0) is 14.2. The molecular formula is C17H34N2S. The maximum Gasteiger partial charge on any atom is 0.0113 e. The van der Waals surface area contributed by atoms with Crippen LogP contribution in [-0.4, -0.2) is 48.1 Å². The van der Waals surface area contributed by atoms with Crippen LogP contribution >= 0.6 is 11.8 Å². The first-order chi connectivity index (χ1) is 9.85. The summed E-state index contributed by atoms with van der Waals surface area (Å²) in [6.07, 6.45) is 14.9. The molecule has 2 nitrogen and oxygen atoms in total. The van der Waals surface area contributed by atoms with E-state index in [0.29, 0.717) is 0 Å². The minimum absolute atomic E-state index is 0.804. The van der Waals surface area contributed by atoms with Gasteiger partial charge >= 0.3 is 0 Å². The molecule has 0 aromatic rings. The highest BCUT2D eigenvalue weighted by Gasteiger charge is 2.37. The van der Waals surface area contributed by atoms with Crippen LogP contribution in [0.4, 0.5) is 0 Å². The van der Waals surface area contributed by atoms with E-state index in [1.54, 1.807) is 0 Å². The molecule has 0 spiro atoms. The van der Waals surface area contributed by atoms with Gasteiger partial charge in [0.15, 0.2) is 0 Å². The van der Waals surface area contributed by atoms with Crippen molar-refractivity contribution in [1.29, 1.82) is 0 Å². The number of hydrogen-bond acceptors (Lipinski definition) is 3. The Hall–Kier alpha value is 0.270. The van der Waals surface area contributed by atoms with Crippen LogP contribution in [0.3, 0.4) is 0 Å². The van der Waals surface area contributed by atoms with Crippen LogP contribution in [0.5, 0.6) is 0 Å². The van der Waals surface area contributed by atoms with E-state index in [-0.39, 0.29) is 0 Å². The van der Waals surface area contributed by atoms with Gasteiger partial charge in [0.25, 0.3) is 0 Å². The zero-order valence-corrected chi connectivity index (χ0v) is 14.4. The first-order valence-electron chi connectivity index (χ1n) is 8.83. The maximum absolute atomic E-state index is 3.77. The molecule has 2 rings (SSSR count). The molecule has 2 fully saturated rings. The van der Waals surface area contributed by atoms with Crippen molar-refractivity contribution in [2.24, 2.45) is 0 Å². The highest BCUT2D eigenvalue weighted by atomic mass is 32.2. The third kappa shape index (κ3) is 4.92. The fourth-order valence-electron chi connectivity index (χ4n) is 4.08. The number of fused-ring (bicyclic) bond motifs is 2. The molecule has 2 bridgehead atoms. The standard InChI is InChI=1S/C17H34N2S/c1-3-10-18-15-13-16-8-7-9-17(14-15)19(16)11-5-4-6-12-20-2/h15-18H,3-14H2,1-2H3. The van der Waals surface area contributed by atoms with Crippen molar-refractivity contribution >= 4 is 11.8 Å². The van der Waals surface area contributed by atoms with Crippen molar-refractivity contribution in [3.05, 3.63) is 0 Å². The van der Waals surface area contributed by atoms with Crippen LogP contribution in [0.1, 0.15) is 64.7 Å². The third-order valence-electron chi connectivity index (χ3n) is 5.07. The van der Waals surface area contributed by atoms with Crippen molar-refractivity contribution < 1.29 is 0 Å². The minimum Gasteiger partial charge on any atom is -0.314 e. The van der Waals surface area contributed by atoms with Crippen molar-refractivity contribution in [2.45, 2.75) is 82.8 Å². The first-order valence-corrected chi connectivity index (χ1v) is 10.2. The Morgan fingerprint density at radius 1 is 1.10 bits per heavy atom. The quantitative estimate of drug-likeness (QED) is 0.650. The van der Waals surface area contributed by atoms with E-state index in [1.165, 1.54) is 76.6 Å². The average Bonchev–Trinajstić information content (AvgIpc) is 2.44. The van der Waals surface area contributed by atoms with Crippen LogP contribution in [-0.2, 0) is 0 Å². The molecule has 0 aromatic carbocycles. The Bertz CT molecular complexity index is 245. The number of thioether (sulfide) groups is 1. The molecule has 118 valence electrons. The molecule has 2 atom stereocenters. The van der Waals surface area contributed by atoms with Crippen LogP contribution < -0.4 is 5.32 Å². The number of rotatable bonds is 9. The highest BCUT2D eigenvalue weighted by molar-refractivity contribution is 7.98. The Kier molecular flexibility index (Phi) is 7.75. The predicted molar refractivity (Wildman–Crippen MR) is 91.7 cm³/mol. The van der Waals surface area contributed by atoms with Gasteiger partial charge in [-0.1, -0.05) is 19.8 Å². The van der Waals surface area contributed by atoms with Gasteiger partial charge in [0.2, 0.25) is 0 Å². The van der Waals surface area contributed by atoms with Gasteiger partial charge in [0.05, 0.1) is 0 Å². The lowest BCUT2D eigenvalue weighted by molar-refractivity contribution is 0.0234. The van der Waals surface area contributed by atoms with Gasteiger partial charge in [-0.05, 0) is 70.0 Å². The van der Waals surface area contributed by atoms with Crippen molar-refractivity contribution in [1.82, 2.24) is 10.2 Å². The number of unbranched alkanes of at least 4 members (excludes halogenated alkanes) is 2. The van der Waals surface area contributed by atoms with Crippen LogP contribution in [0.15, 0.2) is 0 Å². The summed E-state index contributed by atoms with van der Waals surface area (Å²) >= 11 is 1.99. The second kappa shape index (κ2) is 9.32. The lowest BCUT2D eigenvalue weighted by Gasteiger charge is -2.49. The number of nitrogens with one attached hydrogen (secondary N) is 1. The number of piperidine rings is 2. The number of hydrogen-bond donors (Lipinski definition) is 1. The smallest absolute Gasteiger partial charge is 0.0113 e. The first kappa shape index (κ1) is 16.6. The largest absolute Gasteiger partial charge is 0.314 e. The molecular weight excluding hydrogens is 264 g/mol. The van der Waals surface area contributed by atoms with E-state index in [0.717, 1.165) is 18.1 Å². The summed E-state index contributed by atoms with van der Waals surface area (Å²) in [5.74, 6) is 1.34. The summed E-state index contributed by atoms with van der Waals surface area (Å²) in [5.41, 5.74) is 0. The molecule has 2 aliphatic rings. The van der Waals surface area contributed by atoms with Crippen LogP contribution in [0, 0.1) is 0 Å². The summed E-state index contributed by atoms with van der Waals surface area (Å²) in [5, 5.41) is 3.77. The summed E-state index contributed by atoms with van der Waals surface area (Å²) in [6, 6.07) is 2.58. The molecule has 2 saturated heterocycles. The SMILES string of the molecule is CCCNC1CC2CCCC(C1)N2CCCCCSC. The molecule has 0 aliphatic carbocycles. The van der Waals surface area contributed by atoms with E-state index in [4.69, 9.17) is 0 Å². The molecule has 0 saturated carbocycles. The average molecular weight is 299 g/mol. The normalized spacial score (nSPS) is 30.6. The maximum atomic E-state index is 3.77. The summed E-state index contributed by atoms with van der Waals surface area (Å²) < 4.78 is 0. The molecule has 0 amide bonds.